The number of anilines is 1. The minimum atomic E-state index is -0.788. The lowest BCUT2D eigenvalue weighted by atomic mass is 9.95. The number of aliphatic hydroxyl groups is 1. The molecule has 0 saturated heterocycles. The highest BCUT2D eigenvalue weighted by molar-refractivity contribution is 9.10. The normalized spacial score (nSPS) is 16.9. The number of aliphatic hydroxyl groups excluding tert-OH is 1. The molecule has 9 heteroatoms. The number of amides is 1. The molecule has 1 aromatic carbocycles. The van der Waals surface area contributed by atoms with Crippen LogP contribution >= 0.6 is 38.6 Å². The van der Waals surface area contributed by atoms with E-state index in [2.05, 4.69) is 25.9 Å². The standard InChI is InChI=1S/C19H14BrN3O3S2/c1-9-17(28-10(2)22-9)15(24)13-14(11-5-3-4-6-12(11)20)23(18(26)16(13)25)19-21-7-8-27-19/h3-8,14,25H,1-2H3. The average molecular weight is 476 g/mol. The van der Waals surface area contributed by atoms with Gasteiger partial charge in [0.05, 0.1) is 27.2 Å². The Balaban J connectivity index is 1.92. The molecular weight excluding hydrogens is 462 g/mol. The van der Waals surface area contributed by atoms with Gasteiger partial charge in [0.1, 0.15) is 0 Å². The summed E-state index contributed by atoms with van der Waals surface area (Å²) >= 11 is 6.03. The number of thiazole rings is 2. The fraction of sp³-hybridized carbons (Fsp3) is 0.158. The molecule has 1 unspecified atom stereocenters. The molecular formula is C19H14BrN3O3S2. The van der Waals surface area contributed by atoms with Crippen LogP contribution in [0.5, 0.6) is 0 Å². The van der Waals surface area contributed by atoms with Crippen molar-refractivity contribution in [3.63, 3.8) is 0 Å². The van der Waals surface area contributed by atoms with E-state index in [1.807, 2.05) is 31.2 Å². The number of ketones is 1. The van der Waals surface area contributed by atoms with E-state index in [4.69, 9.17) is 0 Å². The predicted octanol–water partition coefficient (Wildman–Crippen LogP) is 4.76. The highest BCUT2D eigenvalue weighted by Crippen LogP contribution is 2.44. The van der Waals surface area contributed by atoms with Crippen molar-refractivity contribution in [3.05, 3.63) is 72.8 Å². The van der Waals surface area contributed by atoms with Crippen LogP contribution in [0, 0.1) is 13.8 Å². The number of aromatic nitrogens is 2. The van der Waals surface area contributed by atoms with E-state index < -0.39 is 23.5 Å². The Hall–Kier alpha value is -2.36. The van der Waals surface area contributed by atoms with E-state index in [-0.39, 0.29) is 5.57 Å². The summed E-state index contributed by atoms with van der Waals surface area (Å²) in [6.45, 7) is 3.56. The molecule has 28 heavy (non-hydrogen) atoms. The van der Waals surface area contributed by atoms with E-state index in [0.717, 1.165) is 9.48 Å². The topological polar surface area (TPSA) is 83.4 Å². The van der Waals surface area contributed by atoms with Crippen molar-refractivity contribution < 1.29 is 14.7 Å². The van der Waals surface area contributed by atoms with Crippen molar-refractivity contribution in [3.8, 4) is 0 Å². The quantitative estimate of drug-likeness (QED) is 0.549. The summed E-state index contributed by atoms with van der Waals surface area (Å²) in [5, 5.41) is 13.6. The minimum Gasteiger partial charge on any atom is -0.503 e. The molecule has 6 nitrogen and oxygen atoms in total. The molecule has 0 aliphatic carbocycles. The van der Waals surface area contributed by atoms with Gasteiger partial charge in [-0.25, -0.2) is 9.97 Å². The third-order valence-corrected chi connectivity index (χ3v) is 6.95. The molecule has 1 N–H and O–H groups in total. The number of hydrogen-bond acceptors (Lipinski definition) is 7. The van der Waals surface area contributed by atoms with Gasteiger partial charge in [-0.05, 0) is 25.5 Å². The van der Waals surface area contributed by atoms with Crippen molar-refractivity contribution in [2.24, 2.45) is 0 Å². The van der Waals surface area contributed by atoms with Gasteiger partial charge in [0, 0.05) is 16.0 Å². The first-order chi connectivity index (χ1) is 13.4. The summed E-state index contributed by atoms with van der Waals surface area (Å²) in [4.78, 5) is 36.7. The molecule has 0 fully saturated rings. The smallest absolute Gasteiger partial charge is 0.296 e. The van der Waals surface area contributed by atoms with Crippen molar-refractivity contribution >= 4 is 55.4 Å². The van der Waals surface area contributed by atoms with Gasteiger partial charge in [0.15, 0.2) is 10.9 Å². The predicted molar refractivity (Wildman–Crippen MR) is 112 cm³/mol. The zero-order valence-corrected chi connectivity index (χ0v) is 18.1. The van der Waals surface area contributed by atoms with Crippen LogP contribution in [0.25, 0.3) is 0 Å². The lowest BCUT2D eigenvalue weighted by molar-refractivity contribution is -0.117. The molecule has 1 amide bonds. The number of halogens is 1. The largest absolute Gasteiger partial charge is 0.503 e. The lowest BCUT2D eigenvalue weighted by Crippen LogP contribution is -2.31. The molecule has 0 saturated carbocycles. The van der Waals surface area contributed by atoms with Crippen LogP contribution in [0.4, 0.5) is 5.13 Å². The van der Waals surface area contributed by atoms with Crippen molar-refractivity contribution in [2.75, 3.05) is 4.90 Å². The van der Waals surface area contributed by atoms with E-state index in [1.54, 1.807) is 18.5 Å². The summed E-state index contributed by atoms with van der Waals surface area (Å²) in [5.41, 5.74) is 1.31. The number of carbonyl (C=O) groups is 2. The summed E-state index contributed by atoms with van der Waals surface area (Å²) in [6.07, 6.45) is 1.58. The Labute approximate surface area is 177 Å². The van der Waals surface area contributed by atoms with E-state index >= 15 is 0 Å². The highest BCUT2D eigenvalue weighted by Gasteiger charge is 2.46. The Morgan fingerprint density at radius 1 is 1.29 bits per heavy atom. The molecule has 0 radical (unpaired) electrons. The molecule has 1 aliphatic heterocycles. The first-order valence-electron chi connectivity index (χ1n) is 8.29. The van der Waals surface area contributed by atoms with Crippen molar-refractivity contribution in [2.45, 2.75) is 19.9 Å². The fourth-order valence-corrected chi connectivity index (χ4v) is 5.27. The fourth-order valence-electron chi connectivity index (χ4n) is 3.22. The molecule has 1 aliphatic rings. The van der Waals surface area contributed by atoms with Crippen molar-refractivity contribution in [1.29, 1.82) is 0 Å². The molecule has 0 bridgehead atoms. The Kier molecular flexibility index (Phi) is 4.90. The maximum atomic E-state index is 13.4. The number of benzene rings is 1. The number of hydrogen-bond donors (Lipinski definition) is 1. The molecule has 3 aromatic rings. The van der Waals surface area contributed by atoms with Crippen LogP contribution in [0.3, 0.4) is 0 Å². The number of carbonyl (C=O) groups excluding carboxylic acids is 2. The number of Topliss-reactive ketones (excluding diaryl/α,β-unsaturated/α-hetero) is 1. The number of rotatable bonds is 4. The second-order valence-electron chi connectivity index (χ2n) is 6.15. The Morgan fingerprint density at radius 2 is 2.04 bits per heavy atom. The van der Waals surface area contributed by atoms with Crippen LogP contribution in [0.15, 0.2) is 51.6 Å². The van der Waals surface area contributed by atoms with Crippen molar-refractivity contribution in [1.82, 2.24) is 9.97 Å². The second kappa shape index (κ2) is 7.23. The number of aryl methyl sites for hydroxylation is 2. The van der Waals surface area contributed by atoms with Gasteiger partial charge in [-0.3, -0.25) is 14.5 Å². The number of nitrogens with zero attached hydrogens (tertiary/aromatic N) is 3. The third-order valence-electron chi connectivity index (χ3n) is 4.39. The highest BCUT2D eigenvalue weighted by atomic mass is 79.9. The monoisotopic (exact) mass is 475 g/mol. The lowest BCUT2D eigenvalue weighted by Gasteiger charge is -2.25. The van der Waals surface area contributed by atoms with E-state index in [0.29, 0.717) is 21.3 Å². The average Bonchev–Trinajstić information content (AvgIpc) is 3.35. The van der Waals surface area contributed by atoms with E-state index in [9.17, 15) is 14.7 Å². The Morgan fingerprint density at radius 3 is 2.64 bits per heavy atom. The second-order valence-corrected chi connectivity index (χ2v) is 9.08. The van der Waals surface area contributed by atoms with Gasteiger partial charge < -0.3 is 5.11 Å². The van der Waals surface area contributed by atoms with Crippen LogP contribution in [-0.4, -0.2) is 26.8 Å². The first kappa shape index (κ1) is 19.0. The third kappa shape index (κ3) is 2.99. The van der Waals surface area contributed by atoms with Gasteiger partial charge in [0.2, 0.25) is 5.78 Å². The molecule has 0 spiro atoms. The zero-order chi connectivity index (χ0) is 20.0. The van der Waals surface area contributed by atoms with Crippen LogP contribution in [-0.2, 0) is 4.79 Å². The Bertz CT molecular complexity index is 1120. The van der Waals surface area contributed by atoms with E-state index in [1.165, 1.54) is 27.6 Å². The summed E-state index contributed by atoms with van der Waals surface area (Å²) in [5.74, 6) is -1.59. The maximum Gasteiger partial charge on any atom is 0.296 e. The minimum absolute atomic E-state index is 0.0406. The molecule has 2 aromatic heterocycles. The summed E-state index contributed by atoms with van der Waals surface area (Å²) in [6, 6.07) is 6.53. The van der Waals surface area contributed by atoms with Gasteiger partial charge in [-0.2, -0.15) is 0 Å². The summed E-state index contributed by atoms with van der Waals surface area (Å²) in [7, 11) is 0. The molecule has 3 heterocycles. The zero-order valence-electron chi connectivity index (χ0n) is 14.8. The SMILES string of the molecule is Cc1nc(C)c(C(=O)C2=C(O)C(=O)N(c3nccs3)C2c2ccccc2Br)s1. The molecule has 4 rings (SSSR count). The van der Waals surface area contributed by atoms with Crippen LogP contribution < -0.4 is 4.90 Å². The van der Waals surface area contributed by atoms with Gasteiger partial charge in [0.25, 0.3) is 5.91 Å². The first-order valence-corrected chi connectivity index (χ1v) is 10.8. The summed E-state index contributed by atoms with van der Waals surface area (Å²) < 4.78 is 0.728. The molecule has 142 valence electrons. The van der Waals surface area contributed by atoms with Crippen LogP contribution in [0.1, 0.15) is 32.0 Å². The van der Waals surface area contributed by atoms with Gasteiger partial charge in [-0.1, -0.05) is 34.1 Å². The van der Waals surface area contributed by atoms with Gasteiger partial charge >= 0.3 is 0 Å². The molecule has 1 atom stereocenters. The maximum absolute atomic E-state index is 13.4. The van der Waals surface area contributed by atoms with Gasteiger partial charge in [-0.15, -0.1) is 22.7 Å². The van der Waals surface area contributed by atoms with Crippen LogP contribution in [0.2, 0.25) is 0 Å².